The van der Waals surface area contributed by atoms with Gasteiger partial charge in [-0.3, -0.25) is 14.8 Å². The van der Waals surface area contributed by atoms with Crippen molar-refractivity contribution in [2.75, 3.05) is 18.4 Å². The second kappa shape index (κ2) is 7.42. The monoisotopic (exact) mass is 379 g/mol. The summed E-state index contributed by atoms with van der Waals surface area (Å²) in [6.45, 7) is 0.900. The number of anilines is 2. The molecule has 0 aliphatic carbocycles. The third kappa shape index (κ3) is 3.86. The van der Waals surface area contributed by atoms with Gasteiger partial charge in [-0.1, -0.05) is 12.8 Å². The van der Waals surface area contributed by atoms with Crippen LogP contribution in [0.4, 0.5) is 17.1 Å². The predicted molar refractivity (Wildman–Crippen MR) is 96.8 cm³/mol. The molecule has 0 spiro atoms. The van der Waals surface area contributed by atoms with Crippen molar-refractivity contribution in [3.8, 4) is 0 Å². The van der Waals surface area contributed by atoms with Gasteiger partial charge >= 0.3 is 0 Å². The second-order valence-electron chi connectivity index (χ2n) is 6.28. The van der Waals surface area contributed by atoms with E-state index in [9.17, 15) is 18.5 Å². The highest BCUT2D eigenvalue weighted by Crippen LogP contribution is 2.31. The van der Waals surface area contributed by atoms with Crippen molar-refractivity contribution in [2.45, 2.75) is 30.6 Å². The topological polar surface area (TPSA) is 110 Å². The first-order valence-electron chi connectivity index (χ1n) is 8.42. The molecule has 2 heterocycles. The molecule has 0 radical (unpaired) electrons. The summed E-state index contributed by atoms with van der Waals surface area (Å²) in [5.74, 6) is 0. The Morgan fingerprint density at radius 3 is 2.46 bits per heavy atom. The van der Waals surface area contributed by atoms with E-state index >= 15 is 0 Å². The summed E-state index contributed by atoms with van der Waals surface area (Å²) in [7, 11) is -2.01. The molecule has 26 heavy (non-hydrogen) atoms. The Labute approximate surface area is 151 Å². The van der Waals surface area contributed by atoms with Crippen LogP contribution in [0.2, 0.25) is 0 Å². The lowest BCUT2D eigenvalue weighted by atomic mass is 10.2. The number of sulfonamides is 1. The van der Waals surface area contributed by atoms with E-state index in [2.05, 4.69) is 10.4 Å². The van der Waals surface area contributed by atoms with E-state index in [-0.39, 0.29) is 16.3 Å². The molecule has 0 bridgehead atoms. The molecule has 1 aromatic heterocycles. The van der Waals surface area contributed by atoms with Gasteiger partial charge in [0.25, 0.3) is 5.69 Å². The molecule has 0 unspecified atom stereocenters. The first kappa shape index (κ1) is 18.3. The molecule has 1 saturated heterocycles. The van der Waals surface area contributed by atoms with Gasteiger partial charge in [-0.15, -0.1) is 0 Å². The zero-order chi connectivity index (χ0) is 18.7. The Kier molecular flexibility index (Phi) is 5.23. The summed E-state index contributed by atoms with van der Waals surface area (Å²) >= 11 is 0. The molecule has 1 N–H and O–H groups in total. The molecular weight excluding hydrogens is 358 g/mol. The predicted octanol–water partition coefficient (Wildman–Crippen LogP) is 2.64. The molecule has 1 fully saturated rings. The van der Waals surface area contributed by atoms with Gasteiger partial charge in [-0.25, -0.2) is 8.42 Å². The van der Waals surface area contributed by atoms with Crippen LogP contribution in [0.5, 0.6) is 0 Å². The molecular formula is C16H21N5O4S. The van der Waals surface area contributed by atoms with Crippen LogP contribution < -0.4 is 5.32 Å². The van der Waals surface area contributed by atoms with Crippen molar-refractivity contribution in [3.63, 3.8) is 0 Å². The number of nitrogens with zero attached hydrogens (tertiary/aromatic N) is 4. The number of nitro groups is 1. The van der Waals surface area contributed by atoms with E-state index in [1.807, 2.05) is 0 Å². The minimum Gasteiger partial charge on any atom is -0.347 e. The normalized spacial score (nSPS) is 16.2. The van der Waals surface area contributed by atoms with Crippen LogP contribution >= 0.6 is 0 Å². The Morgan fingerprint density at radius 1 is 1.19 bits per heavy atom. The van der Waals surface area contributed by atoms with Crippen LogP contribution in [-0.4, -0.2) is 40.5 Å². The summed E-state index contributed by atoms with van der Waals surface area (Å²) in [5, 5.41) is 18.4. The Bertz CT molecular complexity index is 901. The maximum Gasteiger partial charge on any atom is 0.294 e. The van der Waals surface area contributed by atoms with E-state index in [1.165, 1.54) is 22.6 Å². The molecule has 0 saturated carbocycles. The summed E-state index contributed by atoms with van der Waals surface area (Å²) in [4.78, 5) is 10.8. The first-order valence-corrected chi connectivity index (χ1v) is 9.86. The molecule has 0 amide bonds. The smallest absolute Gasteiger partial charge is 0.294 e. The van der Waals surface area contributed by atoms with E-state index in [1.54, 1.807) is 17.9 Å². The standard InChI is InChI=1S/C16H21N5O4S/c1-19-12-13(11-17-19)18-15-7-6-14(10-16(15)21(22)23)26(24,25)20-8-4-2-3-5-9-20/h6-7,10-12,18H,2-5,8-9H2,1H3. The molecule has 10 heteroatoms. The van der Waals surface area contributed by atoms with Crippen LogP contribution in [0.3, 0.4) is 0 Å². The van der Waals surface area contributed by atoms with Gasteiger partial charge in [0.1, 0.15) is 5.69 Å². The van der Waals surface area contributed by atoms with Gasteiger partial charge < -0.3 is 5.32 Å². The Balaban J connectivity index is 1.93. The average molecular weight is 379 g/mol. The Morgan fingerprint density at radius 2 is 1.88 bits per heavy atom. The average Bonchev–Trinajstić information content (AvgIpc) is 2.85. The van der Waals surface area contributed by atoms with Crippen molar-refractivity contribution in [2.24, 2.45) is 7.05 Å². The van der Waals surface area contributed by atoms with Crippen molar-refractivity contribution in [3.05, 3.63) is 40.7 Å². The maximum absolute atomic E-state index is 12.9. The first-order chi connectivity index (χ1) is 12.4. The van der Waals surface area contributed by atoms with Gasteiger partial charge in [0.05, 0.1) is 21.7 Å². The lowest BCUT2D eigenvalue weighted by Gasteiger charge is -2.20. The summed E-state index contributed by atoms with van der Waals surface area (Å²) in [6.07, 6.45) is 6.82. The second-order valence-corrected chi connectivity index (χ2v) is 8.22. The van der Waals surface area contributed by atoms with Crippen molar-refractivity contribution in [1.29, 1.82) is 0 Å². The fraction of sp³-hybridized carbons (Fsp3) is 0.438. The lowest BCUT2D eigenvalue weighted by Crippen LogP contribution is -2.32. The van der Waals surface area contributed by atoms with E-state index in [4.69, 9.17) is 0 Å². The molecule has 2 aromatic rings. The molecule has 1 aliphatic rings. The highest BCUT2D eigenvalue weighted by atomic mass is 32.2. The number of nitro benzene ring substituents is 1. The number of aromatic nitrogens is 2. The molecule has 1 aliphatic heterocycles. The van der Waals surface area contributed by atoms with Crippen molar-refractivity contribution < 1.29 is 13.3 Å². The minimum atomic E-state index is -3.74. The van der Waals surface area contributed by atoms with Crippen molar-refractivity contribution in [1.82, 2.24) is 14.1 Å². The number of hydrogen-bond acceptors (Lipinski definition) is 6. The van der Waals surface area contributed by atoms with Gasteiger partial charge in [-0.05, 0) is 25.0 Å². The number of benzene rings is 1. The zero-order valence-corrected chi connectivity index (χ0v) is 15.3. The number of nitrogens with one attached hydrogen (secondary N) is 1. The quantitative estimate of drug-likeness (QED) is 0.631. The largest absolute Gasteiger partial charge is 0.347 e. The highest BCUT2D eigenvalue weighted by molar-refractivity contribution is 7.89. The fourth-order valence-corrected chi connectivity index (χ4v) is 4.54. The number of hydrogen-bond donors (Lipinski definition) is 1. The van der Waals surface area contributed by atoms with Gasteiger partial charge in [-0.2, -0.15) is 9.40 Å². The van der Waals surface area contributed by atoms with Gasteiger partial charge in [0.15, 0.2) is 0 Å². The van der Waals surface area contributed by atoms with E-state index < -0.39 is 14.9 Å². The van der Waals surface area contributed by atoms with Crippen LogP contribution in [0.25, 0.3) is 0 Å². The van der Waals surface area contributed by atoms with Crippen molar-refractivity contribution >= 4 is 27.1 Å². The molecule has 140 valence electrons. The number of aryl methyl sites for hydroxylation is 1. The minimum absolute atomic E-state index is 0.0529. The molecule has 0 atom stereocenters. The summed E-state index contributed by atoms with van der Waals surface area (Å²) < 4.78 is 28.7. The van der Waals surface area contributed by atoms with Crippen LogP contribution in [-0.2, 0) is 17.1 Å². The third-order valence-corrected chi connectivity index (χ3v) is 6.25. The molecule has 3 rings (SSSR count). The maximum atomic E-state index is 12.9. The zero-order valence-electron chi connectivity index (χ0n) is 14.5. The fourth-order valence-electron chi connectivity index (χ4n) is 3.00. The SMILES string of the molecule is Cn1cc(Nc2ccc(S(=O)(=O)N3CCCCCC3)cc2[N+](=O)[O-])cn1. The summed E-state index contributed by atoms with van der Waals surface area (Å²) in [5.41, 5.74) is 0.515. The van der Waals surface area contributed by atoms with E-state index in [0.29, 0.717) is 18.8 Å². The van der Waals surface area contributed by atoms with Gasteiger partial charge in [0, 0.05) is 32.4 Å². The molecule has 9 nitrogen and oxygen atoms in total. The van der Waals surface area contributed by atoms with Crippen LogP contribution in [0.1, 0.15) is 25.7 Å². The van der Waals surface area contributed by atoms with E-state index in [0.717, 1.165) is 31.7 Å². The third-order valence-electron chi connectivity index (χ3n) is 4.35. The van der Waals surface area contributed by atoms with Crippen LogP contribution in [0, 0.1) is 10.1 Å². The lowest BCUT2D eigenvalue weighted by molar-refractivity contribution is -0.384. The Hall–Kier alpha value is -2.46. The van der Waals surface area contributed by atoms with Crippen LogP contribution in [0.15, 0.2) is 35.5 Å². The highest BCUT2D eigenvalue weighted by Gasteiger charge is 2.28. The van der Waals surface area contributed by atoms with Gasteiger partial charge in [0.2, 0.25) is 10.0 Å². The number of rotatable bonds is 5. The molecule has 1 aromatic carbocycles. The summed E-state index contributed by atoms with van der Waals surface area (Å²) in [6, 6.07) is 3.96.